The predicted molar refractivity (Wildman–Crippen MR) is 39.0 cm³/mol. The van der Waals surface area contributed by atoms with E-state index in [9.17, 15) is 14.7 Å². The number of hydrogen-bond acceptors (Lipinski definition) is 3. The molecule has 1 saturated carbocycles. The number of hydrogen-bond donors (Lipinski definition) is 1. The molecule has 0 radical (unpaired) electrons. The van der Waals surface area contributed by atoms with Crippen LogP contribution in [0.4, 0.5) is 0 Å². The Morgan fingerprint density at radius 2 is 2.27 bits per heavy atom. The molecule has 62 valence electrons. The van der Waals surface area contributed by atoms with Crippen LogP contribution in [0.15, 0.2) is 0 Å². The van der Waals surface area contributed by atoms with Crippen molar-refractivity contribution in [2.24, 2.45) is 5.92 Å². The third-order valence-corrected chi connectivity index (χ3v) is 2.08. The van der Waals surface area contributed by atoms with Gasteiger partial charge in [-0.2, -0.15) is 0 Å². The van der Waals surface area contributed by atoms with Crippen molar-refractivity contribution in [3.8, 4) is 0 Å². The van der Waals surface area contributed by atoms with E-state index in [0.29, 0.717) is 25.5 Å². The number of Topliss-reactive ketones (excluding diaryl/α,β-unsaturated/α-hetero) is 1. The lowest BCUT2D eigenvalue weighted by Crippen LogP contribution is -2.41. The van der Waals surface area contributed by atoms with Gasteiger partial charge in [0.05, 0.1) is 5.60 Å². The molecule has 1 aliphatic carbocycles. The Morgan fingerprint density at radius 3 is 2.64 bits per heavy atom. The van der Waals surface area contributed by atoms with E-state index in [1.165, 1.54) is 0 Å². The largest absolute Gasteiger partial charge is 0.390 e. The zero-order valence-electron chi connectivity index (χ0n) is 6.54. The molecule has 1 aliphatic rings. The molecule has 0 aliphatic heterocycles. The Hall–Kier alpha value is -0.700. The number of aldehydes is 1. The van der Waals surface area contributed by atoms with Crippen molar-refractivity contribution >= 4 is 12.1 Å². The van der Waals surface area contributed by atoms with E-state index in [0.717, 1.165) is 0 Å². The topological polar surface area (TPSA) is 54.4 Å². The highest BCUT2D eigenvalue weighted by atomic mass is 16.3. The van der Waals surface area contributed by atoms with Crippen molar-refractivity contribution < 1.29 is 14.7 Å². The second-order valence-corrected chi connectivity index (χ2v) is 3.56. The Kier molecular flexibility index (Phi) is 2.09. The van der Waals surface area contributed by atoms with Gasteiger partial charge in [0.15, 0.2) is 12.1 Å². The lowest BCUT2D eigenvalue weighted by atomic mass is 9.70. The maximum absolute atomic E-state index is 10.6. The molecule has 0 saturated heterocycles. The average molecular weight is 156 g/mol. The number of ketones is 1. The van der Waals surface area contributed by atoms with Crippen LogP contribution in [0, 0.1) is 5.92 Å². The van der Waals surface area contributed by atoms with Gasteiger partial charge in [0.1, 0.15) is 0 Å². The minimum atomic E-state index is -0.589. The van der Waals surface area contributed by atoms with Crippen LogP contribution in [0.2, 0.25) is 0 Å². The Labute approximate surface area is 65.4 Å². The summed E-state index contributed by atoms with van der Waals surface area (Å²) in [5.74, 6) is -0.131. The van der Waals surface area contributed by atoms with Crippen LogP contribution in [-0.4, -0.2) is 22.8 Å². The molecule has 3 nitrogen and oxygen atoms in total. The van der Waals surface area contributed by atoms with E-state index in [2.05, 4.69) is 0 Å². The zero-order chi connectivity index (χ0) is 8.48. The van der Waals surface area contributed by atoms with Gasteiger partial charge >= 0.3 is 0 Å². The van der Waals surface area contributed by atoms with Gasteiger partial charge < -0.3 is 5.11 Å². The molecule has 1 fully saturated rings. The summed E-state index contributed by atoms with van der Waals surface area (Å²) in [5.41, 5.74) is -0.589. The first kappa shape index (κ1) is 8.40. The molecule has 0 aromatic heterocycles. The summed E-state index contributed by atoms with van der Waals surface area (Å²) in [6.07, 6.45) is 1.95. The highest BCUT2D eigenvalue weighted by Gasteiger charge is 2.38. The smallest absolute Gasteiger partial charge is 0.195 e. The Balaban J connectivity index is 2.24. The van der Waals surface area contributed by atoms with Crippen LogP contribution >= 0.6 is 0 Å². The van der Waals surface area contributed by atoms with Crippen LogP contribution in [0.5, 0.6) is 0 Å². The second-order valence-electron chi connectivity index (χ2n) is 3.56. The molecule has 0 amide bonds. The fraction of sp³-hybridized carbons (Fsp3) is 0.750. The van der Waals surface area contributed by atoms with Crippen LogP contribution < -0.4 is 0 Å². The number of carbonyl (C=O) groups excluding carboxylic acids is 2. The molecule has 3 heteroatoms. The zero-order valence-corrected chi connectivity index (χ0v) is 6.54. The molecule has 0 heterocycles. The summed E-state index contributed by atoms with van der Waals surface area (Å²) in [7, 11) is 0. The van der Waals surface area contributed by atoms with Crippen molar-refractivity contribution in [1.82, 2.24) is 0 Å². The third kappa shape index (κ3) is 2.12. The molecular formula is C8H12O3. The van der Waals surface area contributed by atoms with Gasteiger partial charge in [0.25, 0.3) is 0 Å². The quantitative estimate of drug-likeness (QED) is 0.472. The monoisotopic (exact) mass is 156 g/mol. The third-order valence-electron chi connectivity index (χ3n) is 2.08. The van der Waals surface area contributed by atoms with Gasteiger partial charge in [-0.15, -0.1) is 0 Å². The van der Waals surface area contributed by atoms with Gasteiger partial charge in [0.2, 0.25) is 0 Å². The van der Waals surface area contributed by atoms with E-state index in [-0.39, 0.29) is 11.7 Å². The predicted octanol–water partition coefficient (Wildman–Crippen LogP) is 0.306. The van der Waals surface area contributed by atoms with Crippen LogP contribution in [0.25, 0.3) is 0 Å². The lowest BCUT2D eigenvalue weighted by molar-refractivity contribution is -0.133. The molecule has 0 aromatic rings. The SMILES string of the molecule is CC1(O)CC(CC(=O)C=O)C1. The number of aliphatic hydroxyl groups is 1. The first-order valence-corrected chi connectivity index (χ1v) is 3.74. The first-order chi connectivity index (χ1) is 5.03. The average Bonchev–Trinajstić information content (AvgIpc) is 1.83. The summed E-state index contributed by atoms with van der Waals surface area (Å²) in [6, 6.07) is 0. The summed E-state index contributed by atoms with van der Waals surface area (Å²) in [6.45, 7) is 1.74. The van der Waals surface area contributed by atoms with Crippen molar-refractivity contribution in [3.63, 3.8) is 0 Å². The van der Waals surface area contributed by atoms with Gasteiger partial charge in [-0.05, 0) is 25.7 Å². The van der Waals surface area contributed by atoms with Gasteiger partial charge in [0, 0.05) is 6.42 Å². The van der Waals surface area contributed by atoms with Gasteiger partial charge in [-0.25, -0.2) is 0 Å². The highest BCUT2D eigenvalue weighted by molar-refractivity contribution is 6.24. The molecule has 0 spiro atoms. The van der Waals surface area contributed by atoms with Crippen LogP contribution in [0.1, 0.15) is 26.2 Å². The summed E-state index contributed by atoms with van der Waals surface area (Å²) < 4.78 is 0. The van der Waals surface area contributed by atoms with Crippen molar-refractivity contribution in [2.45, 2.75) is 31.8 Å². The minimum absolute atomic E-state index is 0.225. The molecule has 0 bridgehead atoms. The number of carbonyl (C=O) groups is 2. The molecule has 1 rings (SSSR count). The highest BCUT2D eigenvalue weighted by Crippen LogP contribution is 2.39. The molecule has 0 atom stereocenters. The van der Waals surface area contributed by atoms with Crippen LogP contribution in [0.3, 0.4) is 0 Å². The summed E-state index contributed by atoms with van der Waals surface area (Å²) >= 11 is 0. The molecule has 0 aromatic carbocycles. The van der Waals surface area contributed by atoms with E-state index in [1.807, 2.05) is 0 Å². The van der Waals surface area contributed by atoms with E-state index in [4.69, 9.17) is 0 Å². The molecule has 11 heavy (non-hydrogen) atoms. The second kappa shape index (κ2) is 2.74. The lowest BCUT2D eigenvalue weighted by Gasteiger charge is -2.40. The maximum Gasteiger partial charge on any atom is 0.195 e. The first-order valence-electron chi connectivity index (χ1n) is 3.74. The van der Waals surface area contributed by atoms with Crippen molar-refractivity contribution in [2.75, 3.05) is 0 Å². The Morgan fingerprint density at radius 1 is 1.73 bits per heavy atom. The minimum Gasteiger partial charge on any atom is -0.390 e. The fourth-order valence-electron chi connectivity index (χ4n) is 1.66. The summed E-state index contributed by atoms with van der Waals surface area (Å²) in [4.78, 5) is 20.5. The molecular weight excluding hydrogens is 144 g/mol. The molecule has 1 N–H and O–H groups in total. The fourth-order valence-corrected chi connectivity index (χ4v) is 1.66. The van der Waals surface area contributed by atoms with Gasteiger partial charge in [-0.3, -0.25) is 9.59 Å². The standard InChI is InChI=1S/C8H12O3/c1-8(11)3-6(4-8)2-7(10)5-9/h5-6,11H,2-4H2,1H3. The van der Waals surface area contributed by atoms with E-state index >= 15 is 0 Å². The Bertz CT molecular complexity index is 176. The van der Waals surface area contributed by atoms with Gasteiger partial charge in [-0.1, -0.05) is 0 Å². The van der Waals surface area contributed by atoms with E-state index < -0.39 is 5.60 Å². The maximum atomic E-state index is 10.6. The molecule has 0 unspecified atom stereocenters. The normalized spacial score (nSPS) is 36.0. The van der Waals surface area contributed by atoms with Crippen molar-refractivity contribution in [3.05, 3.63) is 0 Å². The van der Waals surface area contributed by atoms with Crippen LogP contribution in [-0.2, 0) is 9.59 Å². The van der Waals surface area contributed by atoms with E-state index in [1.54, 1.807) is 6.92 Å². The summed E-state index contributed by atoms with van der Waals surface area (Å²) in [5, 5.41) is 9.27. The number of rotatable bonds is 3. The van der Waals surface area contributed by atoms with Crippen molar-refractivity contribution in [1.29, 1.82) is 0 Å².